The SMILES string of the molecule is Nc1cc(Cl)ccc1Nc1cccc(Cl)c1Cl. The Morgan fingerprint density at radius 1 is 0.941 bits per heavy atom. The van der Waals surface area contributed by atoms with Gasteiger partial charge in [-0.15, -0.1) is 0 Å². The number of benzene rings is 2. The van der Waals surface area contributed by atoms with Gasteiger partial charge in [0, 0.05) is 5.02 Å². The summed E-state index contributed by atoms with van der Waals surface area (Å²) in [6.45, 7) is 0. The Morgan fingerprint density at radius 3 is 2.41 bits per heavy atom. The van der Waals surface area contributed by atoms with Crippen LogP contribution in [0.4, 0.5) is 17.1 Å². The summed E-state index contributed by atoms with van der Waals surface area (Å²) in [6.07, 6.45) is 0. The lowest BCUT2D eigenvalue weighted by atomic mass is 10.2. The molecule has 0 aliphatic carbocycles. The van der Waals surface area contributed by atoms with E-state index in [2.05, 4.69) is 5.32 Å². The molecule has 0 aromatic heterocycles. The summed E-state index contributed by atoms with van der Waals surface area (Å²) >= 11 is 17.8. The normalized spacial score (nSPS) is 10.3. The summed E-state index contributed by atoms with van der Waals surface area (Å²) in [5.41, 5.74) is 7.82. The Hall–Kier alpha value is -1.09. The molecule has 0 radical (unpaired) electrons. The van der Waals surface area contributed by atoms with E-state index in [9.17, 15) is 0 Å². The van der Waals surface area contributed by atoms with Crippen molar-refractivity contribution in [3.8, 4) is 0 Å². The van der Waals surface area contributed by atoms with Crippen LogP contribution in [0.25, 0.3) is 0 Å². The Labute approximate surface area is 114 Å². The average molecular weight is 288 g/mol. The Morgan fingerprint density at radius 2 is 1.71 bits per heavy atom. The average Bonchev–Trinajstić information content (AvgIpc) is 2.28. The van der Waals surface area contributed by atoms with Crippen LogP contribution in [0, 0.1) is 0 Å². The molecule has 0 atom stereocenters. The van der Waals surface area contributed by atoms with Gasteiger partial charge in [-0.2, -0.15) is 0 Å². The highest BCUT2D eigenvalue weighted by Crippen LogP contribution is 2.33. The van der Waals surface area contributed by atoms with Crippen LogP contribution in [-0.2, 0) is 0 Å². The molecule has 0 spiro atoms. The molecule has 2 rings (SSSR count). The molecular weight excluding hydrogens is 279 g/mol. The molecular formula is C12H9Cl3N2. The summed E-state index contributed by atoms with van der Waals surface area (Å²) in [7, 11) is 0. The number of anilines is 3. The fourth-order valence-corrected chi connectivity index (χ4v) is 1.92. The van der Waals surface area contributed by atoms with Crippen LogP contribution in [0.1, 0.15) is 0 Å². The van der Waals surface area contributed by atoms with Gasteiger partial charge in [-0.05, 0) is 30.3 Å². The zero-order valence-corrected chi connectivity index (χ0v) is 10.9. The third-order valence-corrected chi connectivity index (χ3v) is 3.29. The fraction of sp³-hybridized carbons (Fsp3) is 0. The minimum atomic E-state index is 0.462. The molecule has 0 fully saturated rings. The molecule has 2 nitrogen and oxygen atoms in total. The van der Waals surface area contributed by atoms with E-state index in [1.807, 2.05) is 12.1 Å². The molecule has 0 aliphatic rings. The van der Waals surface area contributed by atoms with Gasteiger partial charge in [0.1, 0.15) is 0 Å². The molecule has 17 heavy (non-hydrogen) atoms. The Bertz CT molecular complexity index is 555. The molecule has 0 bridgehead atoms. The first-order valence-corrected chi connectivity index (χ1v) is 5.97. The quantitative estimate of drug-likeness (QED) is 0.765. The summed E-state index contributed by atoms with van der Waals surface area (Å²) in [4.78, 5) is 0. The molecule has 0 amide bonds. The number of nitrogens with two attached hydrogens (primary N) is 1. The maximum Gasteiger partial charge on any atom is 0.0827 e. The van der Waals surface area contributed by atoms with E-state index in [1.165, 1.54) is 0 Å². The van der Waals surface area contributed by atoms with Crippen molar-refractivity contribution in [3.63, 3.8) is 0 Å². The smallest absolute Gasteiger partial charge is 0.0827 e. The van der Waals surface area contributed by atoms with Gasteiger partial charge in [0.05, 0.1) is 27.1 Å². The summed E-state index contributed by atoms with van der Waals surface area (Å²) in [5.74, 6) is 0. The molecule has 0 heterocycles. The van der Waals surface area contributed by atoms with E-state index < -0.39 is 0 Å². The van der Waals surface area contributed by atoms with Gasteiger partial charge < -0.3 is 11.1 Å². The first-order chi connectivity index (χ1) is 8.08. The van der Waals surface area contributed by atoms with Crippen LogP contribution in [0.5, 0.6) is 0 Å². The standard InChI is InChI=1S/C12H9Cl3N2/c13-7-4-5-10(9(16)6-7)17-11-3-1-2-8(14)12(11)15/h1-6,17H,16H2. The lowest BCUT2D eigenvalue weighted by molar-refractivity contribution is 1.54. The van der Waals surface area contributed by atoms with E-state index >= 15 is 0 Å². The molecule has 0 saturated carbocycles. The van der Waals surface area contributed by atoms with Gasteiger partial charge in [-0.3, -0.25) is 0 Å². The molecule has 3 N–H and O–H groups in total. The third kappa shape index (κ3) is 2.78. The van der Waals surface area contributed by atoms with Crippen LogP contribution < -0.4 is 11.1 Å². The molecule has 2 aromatic rings. The van der Waals surface area contributed by atoms with Crippen LogP contribution >= 0.6 is 34.8 Å². The number of nitrogen functional groups attached to an aromatic ring is 1. The van der Waals surface area contributed by atoms with Gasteiger partial charge >= 0.3 is 0 Å². The van der Waals surface area contributed by atoms with Crippen molar-refractivity contribution in [2.45, 2.75) is 0 Å². The monoisotopic (exact) mass is 286 g/mol. The second-order valence-corrected chi connectivity index (χ2v) is 4.68. The van der Waals surface area contributed by atoms with E-state index in [1.54, 1.807) is 24.3 Å². The molecule has 2 aromatic carbocycles. The molecule has 0 aliphatic heterocycles. The highest BCUT2D eigenvalue weighted by molar-refractivity contribution is 6.43. The van der Waals surface area contributed by atoms with Crippen molar-refractivity contribution in [2.24, 2.45) is 0 Å². The summed E-state index contributed by atoms with van der Waals surface area (Å²) < 4.78 is 0. The highest BCUT2D eigenvalue weighted by atomic mass is 35.5. The number of rotatable bonds is 2. The zero-order valence-electron chi connectivity index (χ0n) is 8.68. The van der Waals surface area contributed by atoms with E-state index in [-0.39, 0.29) is 0 Å². The third-order valence-electron chi connectivity index (χ3n) is 2.23. The Kier molecular flexibility index (Phi) is 3.67. The van der Waals surface area contributed by atoms with Gasteiger partial charge in [0.2, 0.25) is 0 Å². The van der Waals surface area contributed by atoms with Gasteiger partial charge in [0.15, 0.2) is 0 Å². The van der Waals surface area contributed by atoms with E-state index in [0.717, 1.165) is 5.69 Å². The first kappa shape index (κ1) is 12.4. The maximum absolute atomic E-state index is 6.07. The lowest BCUT2D eigenvalue weighted by Crippen LogP contribution is -1.96. The van der Waals surface area contributed by atoms with Gasteiger partial charge in [-0.25, -0.2) is 0 Å². The molecule has 88 valence electrons. The van der Waals surface area contributed by atoms with Crippen molar-refractivity contribution in [1.82, 2.24) is 0 Å². The van der Waals surface area contributed by atoms with Crippen molar-refractivity contribution in [2.75, 3.05) is 11.1 Å². The lowest BCUT2D eigenvalue weighted by Gasteiger charge is -2.11. The summed E-state index contributed by atoms with van der Waals surface area (Å²) in [6, 6.07) is 10.6. The minimum absolute atomic E-state index is 0.462. The van der Waals surface area contributed by atoms with Gasteiger partial charge in [0.25, 0.3) is 0 Å². The first-order valence-electron chi connectivity index (χ1n) is 4.84. The van der Waals surface area contributed by atoms with E-state index in [4.69, 9.17) is 40.5 Å². The van der Waals surface area contributed by atoms with Crippen LogP contribution in [0.2, 0.25) is 15.1 Å². The molecule has 5 heteroatoms. The van der Waals surface area contributed by atoms with Crippen LogP contribution in [-0.4, -0.2) is 0 Å². The summed E-state index contributed by atoms with van der Waals surface area (Å²) in [5, 5.41) is 4.65. The topological polar surface area (TPSA) is 38.0 Å². The van der Waals surface area contributed by atoms with Gasteiger partial charge in [-0.1, -0.05) is 40.9 Å². The van der Waals surface area contributed by atoms with Crippen LogP contribution in [0.3, 0.4) is 0 Å². The van der Waals surface area contributed by atoms with Crippen molar-refractivity contribution < 1.29 is 0 Å². The predicted molar refractivity (Wildman–Crippen MR) is 75.6 cm³/mol. The molecule has 0 unspecified atom stereocenters. The zero-order chi connectivity index (χ0) is 12.4. The Balaban J connectivity index is 2.35. The second kappa shape index (κ2) is 5.05. The second-order valence-electron chi connectivity index (χ2n) is 3.46. The molecule has 0 saturated heterocycles. The van der Waals surface area contributed by atoms with Crippen molar-refractivity contribution in [1.29, 1.82) is 0 Å². The largest absolute Gasteiger partial charge is 0.397 e. The van der Waals surface area contributed by atoms with E-state index in [0.29, 0.717) is 26.4 Å². The number of nitrogens with one attached hydrogen (secondary N) is 1. The predicted octanol–water partition coefficient (Wildman–Crippen LogP) is 4.97. The number of hydrogen-bond donors (Lipinski definition) is 2. The highest BCUT2D eigenvalue weighted by Gasteiger charge is 2.06. The van der Waals surface area contributed by atoms with Crippen LogP contribution in [0.15, 0.2) is 36.4 Å². The van der Waals surface area contributed by atoms with Crippen molar-refractivity contribution >= 4 is 51.9 Å². The number of halogens is 3. The van der Waals surface area contributed by atoms with Crippen molar-refractivity contribution in [3.05, 3.63) is 51.5 Å². The maximum atomic E-state index is 6.07. The minimum Gasteiger partial charge on any atom is -0.397 e. The number of hydrogen-bond acceptors (Lipinski definition) is 2. The fourth-order valence-electron chi connectivity index (χ4n) is 1.39.